The maximum atomic E-state index is 12.8. The largest absolute Gasteiger partial charge is 0.481 e. The van der Waals surface area contributed by atoms with Crippen molar-refractivity contribution in [1.82, 2.24) is 15.2 Å². The first-order chi connectivity index (χ1) is 12.4. The molecule has 26 heavy (non-hydrogen) atoms. The van der Waals surface area contributed by atoms with Crippen LogP contribution in [0.3, 0.4) is 0 Å². The molecule has 2 N–H and O–H groups in total. The number of carboxylic acids is 1. The molecule has 0 aliphatic carbocycles. The number of rotatable bonds is 2. The predicted octanol–water partition coefficient (Wildman–Crippen LogP) is 1.80. The van der Waals surface area contributed by atoms with Crippen molar-refractivity contribution in [2.24, 2.45) is 5.92 Å². The van der Waals surface area contributed by atoms with Crippen molar-refractivity contribution in [3.63, 3.8) is 0 Å². The van der Waals surface area contributed by atoms with Crippen LogP contribution in [-0.2, 0) is 9.59 Å². The van der Waals surface area contributed by atoms with E-state index >= 15 is 0 Å². The number of carbonyl (C=O) groups excluding carboxylic acids is 2. The first kappa shape index (κ1) is 17.0. The van der Waals surface area contributed by atoms with Gasteiger partial charge in [-0.2, -0.15) is 0 Å². The van der Waals surface area contributed by atoms with Gasteiger partial charge in [0.1, 0.15) is 0 Å². The fraction of sp³-hybridized carbons (Fsp3) is 0.444. The summed E-state index contributed by atoms with van der Waals surface area (Å²) in [6.07, 6.45) is 0.933. The number of carboxylic acid groups (broad SMARTS) is 1. The average Bonchev–Trinajstić information content (AvgIpc) is 3.13. The molecule has 2 saturated heterocycles. The van der Waals surface area contributed by atoms with Crippen molar-refractivity contribution in [3.05, 3.63) is 28.8 Å². The zero-order valence-corrected chi connectivity index (χ0v) is 15.1. The summed E-state index contributed by atoms with van der Waals surface area (Å²) in [7, 11) is 0. The predicted molar refractivity (Wildman–Crippen MR) is 96.1 cm³/mol. The average molecular weight is 373 g/mol. The van der Waals surface area contributed by atoms with Gasteiger partial charge in [-0.1, -0.05) is 0 Å². The van der Waals surface area contributed by atoms with Crippen molar-refractivity contribution in [2.75, 3.05) is 13.1 Å². The number of aromatic nitrogens is 1. The first-order valence-corrected chi connectivity index (χ1v) is 9.40. The molecule has 8 heteroatoms. The van der Waals surface area contributed by atoms with E-state index in [0.29, 0.717) is 31.5 Å². The molecule has 1 atom stereocenters. The molecular formula is C18H19N3O4S. The highest BCUT2D eigenvalue weighted by Gasteiger charge is 2.52. The summed E-state index contributed by atoms with van der Waals surface area (Å²) in [4.78, 5) is 42.2. The molecule has 1 spiro atoms. The number of nitrogens with zero attached hydrogens (tertiary/aromatic N) is 2. The van der Waals surface area contributed by atoms with Gasteiger partial charge in [0.05, 0.1) is 26.7 Å². The van der Waals surface area contributed by atoms with Crippen LogP contribution in [0.4, 0.5) is 0 Å². The fourth-order valence-electron chi connectivity index (χ4n) is 4.06. The van der Waals surface area contributed by atoms with Crippen LogP contribution in [0.15, 0.2) is 18.2 Å². The maximum Gasteiger partial charge on any atom is 0.309 e. The van der Waals surface area contributed by atoms with E-state index in [9.17, 15) is 19.5 Å². The highest BCUT2D eigenvalue weighted by atomic mass is 32.1. The van der Waals surface area contributed by atoms with Gasteiger partial charge in [-0.05, 0) is 38.0 Å². The molecule has 7 nitrogen and oxygen atoms in total. The third-order valence-electron chi connectivity index (χ3n) is 5.43. The van der Waals surface area contributed by atoms with E-state index in [1.54, 1.807) is 16.2 Å². The number of benzene rings is 1. The standard InChI is InChI=1S/C18H19N3O4S/c1-10-19-13-8-11(2-3-14(13)26-10)16(23)21-6-4-18(5-7-21)12(17(24)25)9-15(22)20-18/h2-3,8,12H,4-7,9H2,1H3,(H,20,22)(H,24,25)/t12-/m0/s1. The molecule has 0 bridgehead atoms. The number of nitrogens with one attached hydrogen (secondary N) is 1. The van der Waals surface area contributed by atoms with E-state index in [0.717, 1.165) is 15.2 Å². The summed E-state index contributed by atoms with van der Waals surface area (Å²) in [5.74, 6) is -1.97. The molecule has 0 unspecified atom stereocenters. The summed E-state index contributed by atoms with van der Waals surface area (Å²) >= 11 is 1.59. The Balaban J connectivity index is 1.51. The Kier molecular flexibility index (Phi) is 3.95. The van der Waals surface area contributed by atoms with Crippen LogP contribution in [0.2, 0.25) is 0 Å². The van der Waals surface area contributed by atoms with Crippen LogP contribution in [0, 0.1) is 12.8 Å². The van der Waals surface area contributed by atoms with Gasteiger partial charge < -0.3 is 15.3 Å². The number of thiazole rings is 1. The maximum absolute atomic E-state index is 12.8. The number of piperidine rings is 1. The molecule has 2 aliphatic heterocycles. The molecule has 2 fully saturated rings. The number of hydrogen-bond acceptors (Lipinski definition) is 5. The zero-order valence-electron chi connectivity index (χ0n) is 14.3. The van der Waals surface area contributed by atoms with Crippen LogP contribution >= 0.6 is 11.3 Å². The van der Waals surface area contributed by atoms with Crippen LogP contribution in [0.1, 0.15) is 34.6 Å². The number of fused-ring (bicyclic) bond motifs is 1. The molecule has 136 valence electrons. The Morgan fingerprint density at radius 2 is 2.08 bits per heavy atom. The molecule has 4 rings (SSSR count). The van der Waals surface area contributed by atoms with Crippen LogP contribution in [-0.4, -0.2) is 51.4 Å². The minimum absolute atomic E-state index is 0.0170. The van der Waals surface area contributed by atoms with E-state index in [1.165, 1.54) is 0 Å². The van der Waals surface area contributed by atoms with E-state index in [4.69, 9.17) is 0 Å². The van der Waals surface area contributed by atoms with E-state index in [1.807, 2.05) is 25.1 Å². The first-order valence-electron chi connectivity index (χ1n) is 8.58. The molecule has 2 amide bonds. The summed E-state index contributed by atoms with van der Waals surface area (Å²) in [6, 6.07) is 5.53. The molecule has 0 radical (unpaired) electrons. The van der Waals surface area contributed by atoms with Gasteiger partial charge in [0, 0.05) is 25.1 Å². The Bertz CT molecular complexity index is 914. The molecule has 0 saturated carbocycles. The molecule has 1 aromatic carbocycles. The number of likely N-dealkylation sites (tertiary alicyclic amines) is 1. The number of aryl methyl sites for hydroxylation is 1. The number of aliphatic carboxylic acids is 1. The van der Waals surface area contributed by atoms with Gasteiger partial charge >= 0.3 is 5.97 Å². The third-order valence-corrected chi connectivity index (χ3v) is 6.38. The van der Waals surface area contributed by atoms with E-state index in [2.05, 4.69) is 10.3 Å². The minimum atomic E-state index is -0.951. The normalized spacial score (nSPS) is 22.0. The van der Waals surface area contributed by atoms with Crippen molar-refractivity contribution in [1.29, 1.82) is 0 Å². The van der Waals surface area contributed by atoms with Gasteiger partial charge in [-0.3, -0.25) is 14.4 Å². The molecule has 2 aromatic rings. The molecule has 3 heterocycles. The summed E-state index contributed by atoms with van der Waals surface area (Å²) in [5.41, 5.74) is 0.681. The lowest BCUT2D eigenvalue weighted by molar-refractivity contribution is -0.144. The van der Waals surface area contributed by atoms with Gasteiger partial charge in [0.25, 0.3) is 5.91 Å². The van der Waals surface area contributed by atoms with Crippen molar-refractivity contribution >= 4 is 39.3 Å². The summed E-state index contributed by atoms with van der Waals surface area (Å²) < 4.78 is 1.05. The van der Waals surface area contributed by atoms with Gasteiger partial charge in [0.15, 0.2) is 0 Å². The fourth-order valence-corrected chi connectivity index (χ4v) is 4.87. The van der Waals surface area contributed by atoms with Crippen molar-refractivity contribution < 1.29 is 19.5 Å². The lowest BCUT2D eigenvalue weighted by atomic mass is 9.77. The van der Waals surface area contributed by atoms with E-state index in [-0.39, 0.29) is 18.2 Å². The quantitative estimate of drug-likeness (QED) is 0.836. The summed E-state index contributed by atoms with van der Waals surface area (Å²) in [6.45, 7) is 2.79. The second kappa shape index (κ2) is 6.05. The number of amides is 2. The van der Waals surface area contributed by atoms with Gasteiger partial charge in [-0.25, -0.2) is 4.98 Å². The summed E-state index contributed by atoms with van der Waals surface area (Å²) in [5, 5.41) is 13.2. The second-order valence-electron chi connectivity index (χ2n) is 7.01. The number of hydrogen-bond donors (Lipinski definition) is 2. The lowest BCUT2D eigenvalue weighted by Gasteiger charge is -2.41. The monoisotopic (exact) mass is 373 g/mol. The SMILES string of the molecule is Cc1nc2cc(C(=O)N3CCC4(CC3)NC(=O)C[C@H]4C(=O)O)ccc2s1. The smallest absolute Gasteiger partial charge is 0.309 e. The highest BCUT2D eigenvalue weighted by Crippen LogP contribution is 2.37. The number of carbonyl (C=O) groups is 3. The lowest BCUT2D eigenvalue weighted by Crippen LogP contribution is -2.56. The topological polar surface area (TPSA) is 99.6 Å². The molecule has 1 aromatic heterocycles. The van der Waals surface area contributed by atoms with Crippen LogP contribution < -0.4 is 5.32 Å². The second-order valence-corrected chi connectivity index (χ2v) is 8.24. The van der Waals surface area contributed by atoms with Crippen molar-refractivity contribution in [2.45, 2.75) is 31.7 Å². The van der Waals surface area contributed by atoms with Crippen LogP contribution in [0.5, 0.6) is 0 Å². The molecular weight excluding hydrogens is 354 g/mol. The Hall–Kier alpha value is -2.48. The zero-order chi connectivity index (χ0) is 18.5. The van der Waals surface area contributed by atoms with Gasteiger partial charge in [-0.15, -0.1) is 11.3 Å². The Morgan fingerprint density at radius 3 is 2.77 bits per heavy atom. The van der Waals surface area contributed by atoms with Crippen LogP contribution in [0.25, 0.3) is 10.2 Å². The van der Waals surface area contributed by atoms with Crippen molar-refractivity contribution in [3.8, 4) is 0 Å². The third kappa shape index (κ3) is 2.74. The Labute approximate surface area is 154 Å². The van der Waals surface area contributed by atoms with E-state index < -0.39 is 17.4 Å². The Morgan fingerprint density at radius 1 is 1.35 bits per heavy atom. The van der Waals surface area contributed by atoms with Gasteiger partial charge in [0.2, 0.25) is 5.91 Å². The minimum Gasteiger partial charge on any atom is -0.481 e. The molecule has 2 aliphatic rings. The highest BCUT2D eigenvalue weighted by molar-refractivity contribution is 7.18.